The molecule has 1 aromatic carbocycles. The van der Waals surface area contributed by atoms with Gasteiger partial charge in [0.2, 0.25) is 0 Å². The molecular weight excluding hydrogens is 248 g/mol. The fourth-order valence-electron chi connectivity index (χ4n) is 2.22. The molecule has 0 aliphatic heterocycles. The summed E-state index contributed by atoms with van der Waals surface area (Å²) in [5.74, 6) is 1.74. The molecule has 0 radical (unpaired) electrons. The topological polar surface area (TPSA) is 34.1 Å². The van der Waals surface area contributed by atoms with E-state index >= 15 is 0 Å². The number of nitrogens with one attached hydrogen (secondary N) is 1. The van der Waals surface area contributed by atoms with E-state index in [-0.39, 0.29) is 0 Å². The van der Waals surface area contributed by atoms with E-state index in [0.29, 0.717) is 6.04 Å². The summed E-state index contributed by atoms with van der Waals surface area (Å²) in [5.41, 5.74) is 3.55. The molecule has 3 heteroatoms. The minimum Gasteiger partial charge on any atom is -0.455 e. The zero-order valence-electron chi connectivity index (χ0n) is 12.0. The highest BCUT2D eigenvalue weighted by Gasteiger charge is 2.20. The van der Waals surface area contributed by atoms with Gasteiger partial charge in [-0.25, -0.2) is 0 Å². The van der Waals surface area contributed by atoms with Crippen LogP contribution in [-0.2, 0) is 6.54 Å². The van der Waals surface area contributed by atoms with Gasteiger partial charge in [0.15, 0.2) is 0 Å². The molecule has 0 bridgehead atoms. The molecule has 1 N–H and O–H groups in total. The van der Waals surface area contributed by atoms with E-state index in [1.807, 2.05) is 18.3 Å². The SMILES string of the molecule is Cc1ccc(Oc2cnccc2CNC2CC2)c(C)c1. The van der Waals surface area contributed by atoms with Crippen LogP contribution in [0.15, 0.2) is 36.7 Å². The van der Waals surface area contributed by atoms with Crippen molar-refractivity contribution >= 4 is 0 Å². The number of aryl methyl sites for hydroxylation is 2. The van der Waals surface area contributed by atoms with Crippen LogP contribution in [-0.4, -0.2) is 11.0 Å². The van der Waals surface area contributed by atoms with Crippen LogP contribution >= 0.6 is 0 Å². The molecule has 0 spiro atoms. The van der Waals surface area contributed by atoms with Crippen molar-refractivity contribution in [3.63, 3.8) is 0 Å². The van der Waals surface area contributed by atoms with Crippen molar-refractivity contribution in [2.45, 2.75) is 39.3 Å². The molecule has 1 aromatic heterocycles. The van der Waals surface area contributed by atoms with Crippen molar-refractivity contribution in [1.29, 1.82) is 0 Å². The quantitative estimate of drug-likeness (QED) is 0.897. The van der Waals surface area contributed by atoms with Gasteiger partial charge in [-0.3, -0.25) is 4.98 Å². The van der Waals surface area contributed by atoms with Gasteiger partial charge in [0.1, 0.15) is 11.5 Å². The van der Waals surface area contributed by atoms with Crippen LogP contribution in [0.25, 0.3) is 0 Å². The second-order valence-corrected chi connectivity index (χ2v) is 5.51. The lowest BCUT2D eigenvalue weighted by molar-refractivity contribution is 0.466. The average molecular weight is 268 g/mol. The first-order valence-corrected chi connectivity index (χ1v) is 7.14. The molecule has 2 aromatic rings. The number of benzene rings is 1. The Morgan fingerprint density at radius 3 is 2.80 bits per heavy atom. The summed E-state index contributed by atoms with van der Waals surface area (Å²) >= 11 is 0. The second-order valence-electron chi connectivity index (χ2n) is 5.51. The Balaban J connectivity index is 1.78. The molecule has 3 nitrogen and oxygen atoms in total. The largest absolute Gasteiger partial charge is 0.455 e. The van der Waals surface area contributed by atoms with Crippen molar-refractivity contribution in [3.05, 3.63) is 53.3 Å². The number of pyridine rings is 1. The summed E-state index contributed by atoms with van der Waals surface area (Å²) in [4.78, 5) is 4.18. The number of hydrogen-bond donors (Lipinski definition) is 1. The maximum absolute atomic E-state index is 6.05. The summed E-state index contributed by atoms with van der Waals surface area (Å²) in [7, 11) is 0. The van der Waals surface area contributed by atoms with Crippen molar-refractivity contribution < 1.29 is 4.74 Å². The summed E-state index contributed by atoms with van der Waals surface area (Å²) in [6, 6.07) is 8.94. The van der Waals surface area contributed by atoms with Gasteiger partial charge >= 0.3 is 0 Å². The molecule has 3 rings (SSSR count). The van der Waals surface area contributed by atoms with Gasteiger partial charge in [0.05, 0.1) is 6.20 Å². The van der Waals surface area contributed by atoms with Crippen LogP contribution in [0.1, 0.15) is 29.5 Å². The van der Waals surface area contributed by atoms with E-state index in [0.717, 1.165) is 29.2 Å². The first-order valence-electron chi connectivity index (χ1n) is 7.14. The van der Waals surface area contributed by atoms with Crippen LogP contribution in [0.4, 0.5) is 0 Å². The smallest absolute Gasteiger partial charge is 0.150 e. The first-order chi connectivity index (χ1) is 9.72. The van der Waals surface area contributed by atoms with Crippen LogP contribution in [0.2, 0.25) is 0 Å². The van der Waals surface area contributed by atoms with Crippen molar-refractivity contribution in [2.24, 2.45) is 0 Å². The normalized spacial score (nSPS) is 14.3. The Morgan fingerprint density at radius 2 is 2.05 bits per heavy atom. The lowest BCUT2D eigenvalue weighted by Crippen LogP contribution is -2.15. The maximum atomic E-state index is 6.05. The van der Waals surface area contributed by atoms with Crippen LogP contribution in [0.5, 0.6) is 11.5 Å². The summed E-state index contributed by atoms with van der Waals surface area (Å²) < 4.78 is 6.05. The minimum atomic E-state index is 0.692. The molecule has 104 valence electrons. The monoisotopic (exact) mass is 268 g/mol. The molecule has 1 aliphatic carbocycles. The highest BCUT2D eigenvalue weighted by atomic mass is 16.5. The van der Waals surface area contributed by atoms with Crippen LogP contribution in [0, 0.1) is 13.8 Å². The molecule has 20 heavy (non-hydrogen) atoms. The van der Waals surface area contributed by atoms with Gasteiger partial charge in [-0.1, -0.05) is 17.7 Å². The highest BCUT2D eigenvalue weighted by Crippen LogP contribution is 2.28. The molecule has 0 amide bonds. The highest BCUT2D eigenvalue weighted by molar-refractivity contribution is 5.41. The number of ether oxygens (including phenoxy) is 1. The van der Waals surface area contributed by atoms with Gasteiger partial charge in [-0.05, 0) is 44.4 Å². The molecule has 1 aliphatic rings. The Kier molecular flexibility index (Phi) is 3.70. The second kappa shape index (κ2) is 5.63. The first kappa shape index (κ1) is 13.1. The van der Waals surface area contributed by atoms with E-state index in [2.05, 4.69) is 36.3 Å². The number of nitrogens with zero attached hydrogens (tertiary/aromatic N) is 1. The van der Waals surface area contributed by atoms with Crippen molar-refractivity contribution in [1.82, 2.24) is 10.3 Å². The molecule has 0 unspecified atom stereocenters. The lowest BCUT2D eigenvalue weighted by Gasteiger charge is -2.13. The van der Waals surface area contributed by atoms with E-state index in [9.17, 15) is 0 Å². The third kappa shape index (κ3) is 3.17. The van der Waals surface area contributed by atoms with Crippen LogP contribution < -0.4 is 10.1 Å². The zero-order valence-corrected chi connectivity index (χ0v) is 12.0. The molecule has 1 saturated carbocycles. The minimum absolute atomic E-state index is 0.692. The maximum Gasteiger partial charge on any atom is 0.150 e. The van der Waals surface area contributed by atoms with Crippen molar-refractivity contribution in [2.75, 3.05) is 0 Å². The summed E-state index contributed by atoms with van der Waals surface area (Å²) in [5, 5.41) is 3.52. The van der Waals surface area contributed by atoms with Gasteiger partial charge in [-0.15, -0.1) is 0 Å². The standard InChI is InChI=1S/C17H20N2O/c1-12-3-6-16(13(2)9-12)20-17-11-18-8-7-14(17)10-19-15-4-5-15/h3,6-9,11,15,19H,4-5,10H2,1-2H3. The lowest BCUT2D eigenvalue weighted by atomic mass is 10.1. The predicted molar refractivity (Wildman–Crippen MR) is 80.1 cm³/mol. The van der Waals surface area contributed by atoms with E-state index < -0.39 is 0 Å². The van der Waals surface area contributed by atoms with Crippen LogP contribution in [0.3, 0.4) is 0 Å². The molecule has 1 heterocycles. The third-order valence-corrected chi connectivity index (χ3v) is 3.58. The Bertz CT molecular complexity index is 606. The number of aromatic nitrogens is 1. The number of rotatable bonds is 5. The fourth-order valence-corrected chi connectivity index (χ4v) is 2.22. The molecule has 0 saturated heterocycles. The van der Waals surface area contributed by atoms with Crippen molar-refractivity contribution in [3.8, 4) is 11.5 Å². The predicted octanol–water partition coefficient (Wildman–Crippen LogP) is 3.74. The zero-order chi connectivity index (χ0) is 13.9. The fraction of sp³-hybridized carbons (Fsp3) is 0.353. The summed E-state index contributed by atoms with van der Waals surface area (Å²) in [6.07, 6.45) is 6.19. The Morgan fingerprint density at radius 1 is 1.20 bits per heavy atom. The van der Waals surface area contributed by atoms with Gasteiger partial charge in [0.25, 0.3) is 0 Å². The Labute approximate surface area is 120 Å². The number of hydrogen-bond acceptors (Lipinski definition) is 3. The molecular formula is C17H20N2O. The van der Waals surface area contributed by atoms with E-state index in [1.54, 1.807) is 6.20 Å². The Hall–Kier alpha value is -1.87. The average Bonchev–Trinajstić information content (AvgIpc) is 3.25. The third-order valence-electron chi connectivity index (χ3n) is 3.58. The van der Waals surface area contributed by atoms with Gasteiger partial charge in [-0.2, -0.15) is 0 Å². The molecule has 0 atom stereocenters. The van der Waals surface area contributed by atoms with Gasteiger partial charge in [0, 0.05) is 24.3 Å². The van der Waals surface area contributed by atoms with E-state index in [4.69, 9.17) is 4.74 Å². The van der Waals surface area contributed by atoms with E-state index in [1.165, 1.54) is 18.4 Å². The van der Waals surface area contributed by atoms with Gasteiger partial charge < -0.3 is 10.1 Å². The molecule has 1 fully saturated rings. The summed E-state index contributed by atoms with van der Waals surface area (Å²) in [6.45, 7) is 5.00.